The van der Waals surface area contributed by atoms with E-state index in [9.17, 15) is 4.79 Å². The smallest absolute Gasteiger partial charge is 0.256 e. The fourth-order valence-electron chi connectivity index (χ4n) is 3.33. The van der Waals surface area contributed by atoms with Crippen molar-refractivity contribution in [3.8, 4) is 22.7 Å². The van der Waals surface area contributed by atoms with E-state index in [0.29, 0.717) is 27.9 Å². The summed E-state index contributed by atoms with van der Waals surface area (Å²) in [6.07, 6.45) is 1.28. The Morgan fingerprint density at radius 1 is 0.903 bits per heavy atom. The Bertz CT molecular complexity index is 1370. The van der Waals surface area contributed by atoms with Crippen LogP contribution in [0.5, 0.6) is 0 Å². The van der Waals surface area contributed by atoms with Crippen LogP contribution in [0.15, 0.2) is 89.7 Å². The largest absolute Gasteiger partial charge is 0.423 e. The summed E-state index contributed by atoms with van der Waals surface area (Å²) < 4.78 is 5.20. The zero-order chi connectivity index (χ0) is 21.2. The minimum Gasteiger partial charge on any atom is -0.423 e. The van der Waals surface area contributed by atoms with E-state index in [1.165, 1.54) is 6.39 Å². The van der Waals surface area contributed by atoms with E-state index >= 15 is 0 Å². The number of amides is 1. The monoisotopic (exact) mass is 426 g/mol. The number of nitrogens with zero attached hydrogens (tertiary/aromatic N) is 3. The van der Waals surface area contributed by atoms with Gasteiger partial charge in [0, 0.05) is 27.2 Å². The van der Waals surface area contributed by atoms with Crippen LogP contribution in [0, 0.1) is 0 Å². The quantitative estimate of drug-likeness (QED) is 0.389. The fourth-order valence-corrected chi connectivity index (χ4v) is 3.45. The van der Waals surface area contributed by atoms with Crippen molar-refractivity contribution in [1.82, 2.24) is 15.2 Å². The van der Waals surface area contributed by atoms with Crippen LogP contribution < -0.4 is 5.32 Å². The highest BCUT2D eigenvalue weighted by molar-refractivity contribution is 6.30. The highest BCUT2D eigenvalue weighted by Crippen LogP contribution is 2.27. The molecule has 0 aliphatic rings. The van der Waals surface area contributed by atoms with Crippen molar-refractivity contribution in [2.45, 2.75) is 0 Å². The first-order valence-electron chi connectivity index (χ1n) is 9.51. The normalized spacial score (nSPS) is 10.9. The molecular weight excluding hydrogens is 412 g/mol. The number of fused-ring (bicyclic) bond motifs is 1. The molecule has 0 saturated heterocycles. The molecule has 3 aromatic carbocycles. The van der Waals surface area contributed by atoms with Crippen LogP contribution in [-0.4, -0.2) is 21.1 Å². The van der Waals surface area contributed by atoms with Crippen LogP contribution >= 0.6 is 11.6 Å². The van der Waals surface area contributed by atoms with Gasteiger partial charge in [-0.05, 0) is 48.5 Å². The van der Waals surface area contributed by atoms with Gasteiger partial charge in [0.15, 0.2) is 0 Å². The summed E-state index contributed by atoms with van der Waals surface area (Å²) in [5, 5.41) is 11.9. The second kappa shape index (κ2) is 8.01. The van der Waals surface area contributed by atoms with Gasteiger partial charge < -0.3 is 9.73 Å². The Hall–Kier alpha value is -4.03. The summed E-state index contributed by atoms with van der Waals surface area (Å²) in [7, 11) is 0. The van der Waals surface area contributed by atoms with E-state index in [0.717, 1.165) is 22.0 Å². The second-order valence-electron chi connectivity index (χ2n) is 6.85. The molecule has 1 N–H and O–H groups in total. The molecule has 0 aliphatic carbocycles. The van der Waals surface area contributed by atoms with Gasteiger partial charge in [-0.15, -0.1) is 10.2 Å². The van der Waals surface area contributed by atoms with Gasteiger partial charge in [-0.1, -0.05) is 41.9 Å². The Labute approximate surface area is 182 Å². The lowest BCUT2D eigenvalue weighted by molar-refractivity contribution is 0.102. The highest BCUT2D eigenvalue weighted by Gasteiger charge is 2.14. The topological polar surface area (TPSA) is 80.9 Å². The SMILES string of the molecule is O=C(Nc1ccc(-c2nnco2)cc1)c1cc(-c2ccc(Cl)cc2)nc2ccccc12. The van der Waals surface area contributed by atoms with Crippen molar-refractivity contribution in [2.24, 2.45) is 0 Å². The first-order valence-corrected chi connectivity index (χ1v) is 9.89. The number of rotatable bonds is 4. The average molecular weight is 427 g/mol. The number of hydrogen-bond donors (Lipinski definition) is 1. The maximum absolute atomic E-state index is 13.2. The molecule has 1 amide bonds. The number of pyridine rings is 1. The third kappa shape index (κ3) is 3.89. The number of nitrogens with one attached hydrogen (secondary N) is 1. The second-order valence-corrected chi connectivity index (χ2v) is 7.29. The number of aromatic nitrogens is 3. The third-order valence-electron chi connectivity index (χ3n) is 4.85. The van der Waals surface area contributed by atoms with Crippen molar-refractivity contribution < 1.29 is 9.21 Å². The highest BCUT2D eigenvalue weighted by atomic mass is 35.5. The molecule has 0 unspecified atom stereocenters. The first kappa shape index (κ1) is 19.0. The first-order chi connectivity index (χ1) is 15.2. The minimum absolute atomic E-state index is 0.223. The Balaban J connectivity index is 1.49. The van der Waals surface area contributed by atoms with Crippen LogP contribution in [0.4, 0.5) is 5.69 Å². The van der Waals surface area contributed by atoms with Crippen molar-refractivity contribution >= 4 is 34.1 Å². The molecule has 7 heteroatoms. The molecule has 0 aliphatic heterocycles. The molecular formula is C24H15ClN4O2. The number of carbonyl (C=O) groups is 1. The van der Waals surface area contributed by atoms with Gasteiger partial charge in [0.25, 0.3) is 5.91 Å². The fraction of sp³-hybridized carbons (Fsp3) is 0. The maximum Gasteiger partial charge on any atom is 0.256 e. The van der Waals surface area contributed by atoms with Gasteiger partial charge in [0.1, 0.15) is 0 Å². The van der Waals surface area contributed by atoms with Crippen LogP contribution in [0.25, 0.3) is 33.6 Å². The van der Waals surface area contributed by atoms with Crippen LogP contribution in [0.2, 0.25) is 5.02 Å². The molecule has 150 valence electrons. The summed E-state index contributed by atoms with van der Waals surface area (Å²) >= 11 is 6.01. The molecule has 0 fully saturated rings. The number of carbonyl (C=O) groups excluding carboxylic acids is 1. The number of anilines is 1. The molecule has 0 spiro atoms. The molecule has 5 aromatic rings. The molecule has 6 nitrogen and oxygen atoms in total. The van der Waals surface area contributed by atoms with E-state index < -0.39 is 0 Å². The molecule has 5 rings (SSSR count). The Morgan fingerprint density at radius 3 is 2.39 bits per heavy atom. The summed E-state index contributed by atoms with van der Waals surface area (Å²) in [6.45, 7) is 0. The van der Waals surface area contributed by atoms with Crippen molar-refractivity contribution in [2.75, 3.05) is 5.32 Å². The number of para-hydroxylation sites is 1. The lowest BCUT2D eigenvalue weighted by Crippen LogP contribution is -2.13. The molecule has 2 heterocycles. The Kier molecular flexibility index (Phi) is 4.90. The van der Waals surface area contributed by atoms with Crippen molar-refractivity contribution in [3.05, 3.63) is 95.8 Å². The predicted octanol–water partition coefficient (Wildman–Crippen LogP) is 5.86. The van der Waals surface area contributed by atoms with Crippen molar-refractivity contribution in [1.29, 1.82) is 0 Å². The van der Waals surface area contributed by atoms with Gasteiger partial charge in [-0.2, -0.15) is 0 Å². The molecule has 31 heavy (non-hydrogen) atoms. The summed E-state index contributed by atoms with van der Waals surface area (Å²) in [5.41, 5.74) is 4.29. The summed E-state index contributed by atoms with van der Waals surface area (Å²) in [6, 6.07) is 24.0. The van der Waals surface area contributed by atoms with Gasteiger partial charge in [0.2, 0.25) is 12.3 Å². The Morgan fingerprint density at radius 2 is 1.65 bits per heavy atom. The third-order valence-corrected chi connectivity index (χ3v) is 5.10. The molecule has 2 aromatic heterocycles. The summed E-state index contributed by atoms with van der Waals surface area (Å²) in [4.78, 5) is 17.9. The van der Waals surface area contributed by atoms with Gasteiger partial charge in [0.05, 0.1) is 16.8 Å². The average Bonchev–Trinajstić information content (AvgIpc) is 3.34. The van der Waals surface area contributed by atoms with Gasteiger partial charge in [-0.25, -0.2) is 4.98 Å². The zero-order valence-electron chi connectivity index (χ0n) is 16.1. The lowest BCUT2D eigenvalue weighted by Gasteiger charge is -2.11. The molecule has 0 bridgehead atoms. The number of halogens is 1. The van der Waals surface area contributed by atoms with E-state index in [4.69, 9.17) is 21.0 Å². The van der Waals surface area contributed by atoms with Crippen LogP contribution in [-0.2, 0) is 0 Å². The van der Waals surface area contributed by atoms with E-state index in [1.54, 1.807) is 30.3 Å². The predicted molar refractivity (Wildman–Crippen MR) is 120 cm³/mol. The van der Waals surface area contributed by atoms with Crippen LogP contribution in [0.1, 0.15) is 10.4 Å². The molecule has 0 radical (unpaired) electrons. The van der Waals surface area contributed by atoms with E-state index in [1.807, 2.05) is 48.5 Å². The van der Waals surface area contributed by atoms with E-state index in [2.05, 4.69) is 15.5 Å². The number of hydrogen-bond acceptors (Lipinski definition) is 5. The van der Waals surface area contributed by atoms with Gasteiger partial charge in [-0.3, -0.25) is 4.79 Å². The van der Waals surface area contributed by atoms with Crippen LogP contribution in [0.3, 0.4) is 0 Å². The number of benzene rings is 3. The van der Waals surface area contributed by atoms with E-state index in [-0.39, 0.29) is 5.91 Å². The summed E-state index contributed by atoms with van der Waals surface area (Å²) in [5.74, 6) is 0.199. The maximum atomic E-state index is 13.2. The molecule has 0 saturated carbocycles. The zero-order valence-corrected chi connectivity index (χ0v) is 16.9. The standard InChI is InChI=1S/C24H15ClN4O2/c25-17-9-5-15(6-10-17)22-13-20(19-3-1-2-4-21(19)28-22)23(30)27-18-11-7-16(8-12-18)24-29-26-14-31-24/h1-14H,(H,27,30). The lowest BCUT2D eigenvalue weighted by atomic mass is 10.0. The van der Waals surface area contributed by atoms with Crippen molar-refractivity contribution in [3.63, 3.8) is 0 Å². The minimum atomic E-state index is -0.223. The molecule has 0 atom stereocenters. The van der Waals surface area contributed by atoms with Gasteiger partial charge >= 0.3 is 0 Å².